The quantitative estimate of drug-likeness (QED) is 0.793. The third-order valence-electron chi connectivity index (χ3n) is 3.17. The summed E-state index contributed by atoms with van der Waals surface area (Å²) in [5, 5.41) is 6.21. The highest BCUT2D eigenvalue weighted by molar-refractivity contribution is 6.03. The highest BCUT2D eigenvalue weighted by atomic mass is 19.1. The molecule has 22 heavy (non-hydrogen) atoms. The number of nitrogens with one attached hydrogen (secondary N) is 1. The second-order valence-electron chi connectivity index (χ2n) is 4.88. The lowest BCUT2D eigenvalue weighted by Gasteiger charge is -2.04. The lowest BCUT2D eigenvalue weighted by atomic mass is 10.1. The molecule has 0 atom stereocenters. The van der Waals surface area contributed by atoms with Crippen molar-refractivity contribution in [3.63, 3.8) is 0 Å². The van der Waals surface area contributed by atoms with E-state index in [9.17, 15) is 9.18 Å². The van der Waals surface area contributed by atoms with Crippen LogP contribution in [0.4, 0.5) is 10.1 Å². The molecule has 0 aliphatic carbocycles. The number of anilines is 1. The lowest BCUT2D eigenvalue weighted by Crippen LogP contribution is -2.13. The number of rotatable bonds is 3. The highest BCUT2D eigenvalue weighted by Gasteiger charge is 2.15. The minimum absolute atomic E-state index is 0.0961. The number of hydrogen-bond donors (Lipinski definition) is 1. The molecule has 1 aromatic heterocycles. The fourth-order valence-corrected chi connectivity index (χ4v) is 2.03. The molecule has 0 spiro atoms. The second kappa shape index (κ2) is 5.81. The van der Waals surface area contributed by atoms with Crippen molar-refractivity contribution in [2.24, 2.45) is 0 Å². The van der Waals surface area contributed by atoms with E-state index in [1.165, 1.54) is 18.2 Å². The summed E-state index contributed by atoms with van der Waals surface area (Å²) in [6.07, 6.45) is 0. The van der Waals surface area contributed by atoms with Crippen LogP contribution in [0.25, 0.3) is 11.3 Å². The Hall–Kier alpha value is -2.95. The number of nitrogens with zero attached hydrogens (tertiary/aromatic N) is 1. The summed E-state index contributed by atoms with van der Waals surface area (Å²) in [6.45, 7) is 1.78. The molecular formula is C17H13FN2O2. The van der Waals surface area contributed by atoms with E-state index >= 15 is 0 Å². The minimum atomic E-state index is -0.520. The van der Waals surface area contributed by atoms with Crippen molar-refractivity contribution in [3.05, 3.63) is 71.7 Å². The second-order valence-corrected chi connectivity index (χ2v) is 4.88. The number of amides is 1. The van der Waals surface area contributed by atoms with Crippen molar-refractivity contribution < 1.29 is 13.7 Å². The van der Waals surface area contributed by atoms with E-state index in [2.05, 4.69) is 10.5 Å². The van der Waals surface area contributed by atoms with E-state index in [1.807, 2.05) is 30.3 Å². The van der Waals surface area contributed by atoms with Crippen molar-refractivity contribution in [2.45, 2.75) is 6.92 Å². The normalized spacial score (nSPS) is 10.5. The minimum Gasteiger partial charge on any atom is -0.355 e. The van der Waals surface area contributed by atoms with E-state index < -0.39 is 11.7 Å². The van der Waals surface area contributed by atoms with Crippen molar-refractivity contribution in [2.75, 3.05) is 5.32 Å². The molecule has 2 aromatic carbocycles. The van der Waals surface area contributed by atoms with Crippen LogP contribution < -0.4 is 5.32 Å². The molecule has 0 saturated carbocycles. The largest absolute Gasteiger partial charge is 0.355 e. The van der Waals surface area contributed by atoms with E-state index in [4.69, 9.17) is 4.52 Å². The van der Waals surface area contributed by atoms with Crippen LogP contribution in [0.1, 0.15) is 16.1 Å². The first-order valence-electron chi connectivity index (χ1n) is 6.73. The van der Waals surface area contributed by atoms with Gasteiger partial charge >= 0.3 is 0 Å². The molecule has 3 aromatic rings. The Morgan fingerprint density at radius 3 is 2.64 bits per heavy atom. The molecular weight excluding hydrogens is 283 g/mol. The summed E-state index contributed by atoms with van der Waals surface area (Å²) in [4.78, 5) is 12.1. The predicted molar refractivity (Wildman–Crippen MR) is 81.0 cm³/mol. The Morgan fingerprint density at radius 2 is 1.91 bits per heavy atom. The van der Waals surface area contributed by atoms with Gasteiger partial charge < -0.3 is 9.84 Å². The zero-order valence-electron chi connectivity index (χ0n) is 11.8. The Balaban J connectivity index is 1.80. The smallest absolute Gasteiger partial charge is 0.277 e. The zero-order valence-corrected chi connectivity index (χ0v) is 11.8. The van der Waals surface area contributed by atoms with Crippen molar-refractivity contribution in [1.82, 2.24) is 5.16 Å². The molecule has 1 N–H and O–H groups in total. The fourth-order valence-electron chi connectivity index (χ4n) is 2.03. The first kappa shape index (κ1) is 14.0. The van der Waals surface area contributed by atoms with Crippen molar-refractivity contribution >= 4 is 11.6 Å². The topological polar surface area (TPSA) is 55.1 Å². The van der Waals surface area contributed by atoms with Crippen LogP contribution >= 0.6 is 0 Å². The molecule has 0 saturated heterocycles. The van der Waals surface area contributed by atoms with Crippen LogP contribution in [0.5, 0.6) is 0 Å². The number of aryl methyl sites for hydroxylation is 1. The zero-order chi connectivity index (χ0) is 15.5. The lowest BCUT2D eigenvalue weighted by molar-refractivity contribution is 0.101. The highest BCUT2D eigenvalue weighted by Crippen LogP contribution is 2.21. The van der Waals surface area contributed by atoms with Crippen LogP contribution in [-0.4, -0.2) is 11.1 Å². The van der Waals surface area contributed by atoms with E-state index in [0.29, 0.717) is 5.76 Å². The van der Waals surface area contributed by atoms with Gasteiger partial charge in [-0.25, -0.2) is 4.39 Å². The van der Waals surface area contributed by atoms with Gasteiger partial charge in [0, 0.05) is 11.6 Å². The number of halogens is 1. The van der Waals surface area contributed by atoms with Gasteiger partial charge in [0.05, 0.1) is 5.69 Å². The number of carbonyl (C=O) groups excluding carboxylic acids is 1. The van der Waals surface area contributed by atoms with Crippen LogP contribution in [0.3, 0.4) is 0 Å². The predicted octanol–water partition coefficient (Wildman–Crippen LogP) is 4.04. The average Bonchev–Trinajstić information content (AvgIpc) is 3.01. The summed E-state index contributed by atoms with van der Waals surface area (Å²) in [5.41, 5.74) is 1.80. The van der Waals surface area contributed by atoms with Gasteiger partial charge in [0.25, 0.3) is 5.91 Å². The van der Waals surface area contributed by atoms with E-state index in [-0.39, 0.29) is 11.4 Å². The monoisotopic (exact) mass is 296 g/mol. The van der Waals surface area contributed by atoms with E-state index in [0.717, 1.165) is 11.1 Å². The third-order valence-corrected chi connectivity index (χ3v) is 3.17. The van der Waals surface area contributed by atoms with Crippen molar-refractivity contribution in [3.8, 4) is 11.3 Å². The average molecular weight is 296 g/mol. The summed E-state index contributed by atoms with van der Waals surface area (Å²) < 4.78 is 18.9. The van der Waals surface area contributed by atoms with Gasteiger partial charge in [0.1, 0.15) is 5.82 Å². The van der Waals surface area contributed by atoms with Gasteiger partial charge in [-0.05, 0) is 24.6 Å². The number of carbonyl (C=O) groups is 1. The molecule has 0 unspecified atom stereocenters. The number of benzene rings is 2. The fraction of sp³-hybridized carbons (Fsp3) is 0.0588. The maximum Gasteiger partial charge on any atom is 0.277 e. The molecule has 0 fully saturated rings. The molecule has 0 bridgehead atoms. The van der Waals surface area contributed by atoms with Gasteiger partial charge in [-0.3, -0.25) is 4.79 Å². The Kier molecular flexibility index (Phi) is 3.70. The van der Waals surface area contributed by atoms with E-state index in [1.54, 1.807) is 13.0 Å². The van der Waals surface area contributed by atoms with Crippen LogP contribution in [0.15, 0.2) is 59.1 Å². The molecule has 0 radical (unpaired) electrons. The molecule has 0 aliphatic heterocycles. The summed E-state index contributed by atoms with van der Waals surface area (Å²) in [6, 6.07) is 15.4. The van der Waals surface area contributed by atoms with Gasteiger partial charge in [-0.2, -0.15) is 0 Å². The Bertz CT molecular complexity index is 813. The molecule has 5 heteroatoms. The number of hydrogen-bond acceptors (Lipinski definition) is 3. The summed E-state index contributed by atoms with van der Waals surface area (Å²) >= 11 is 0. The van der Waals surface area contributed by atoms with Crippen LogP contribution in [0.2, 0.25) is 0 Å². The molecule has 0 aliphatic rings. The van der Waals surface area contributed by atoms with Crippen LogP contribution in [0, 0.1) is 12.7 Å². The third kappa shape index (κ3) is 2.88. The van der Waals surface area contributed by atoms with Gasteiger partial charge in [0.2, 0.25) is 0 Å². The first-order valence-corrected chi connectivity index (χ1v) is 6.73. The van der Waals surface area contributed by atoms with Crippen molar-refractivity contribution in [1.29, 1.82) is 0 Å². The molecule has 110 valence electrons. The standard InChI is InChI=1S/C17H13FN2O2/c1-11-7-8-14(13(18)9-11)19-17(21)15-10-16(22-20-15)12-5-3-2-4-6-12/h2-10H,1H3,(H,19,21). The Morgan fingerprint density at radius 1 is 1.14 bits per heavy atom. The maximum absolute atomic E-state index is 13.7. The molecule has 1 heterocycles. The number of aromatic nitrogens is 1. The first-order chi connectivity index (χ1) is 10.6. The van der Waals surface area contributed by atoms with Crippen LogP contribution in [-0.2, 0) is 0 Å². The summed E-state index contributed by atoms with van der Waals surface area (Å²) in [7, 11) is 0. The van der Waals surface area contributed by atoms with Gasteiger partial charge in [0.15, 0.2) is 11.5 Å². The summed E-state index contributed by atoms with van der Waals surface area (Å²) in [5.74, 6) is -0.524. The van der Waals surface area contributed by atoms with Gasteiger partial charge in [-0.1, -0.05) is 41.6 Å². The van der Waals surface area contributed by atoms with Gasteiger partial charge in [-0.15, -0.1) is 0 Å². The molecule has 1 amide bonds. The molecule has 3 rings (SSSR count). The molecule has 4 nitrogen and oxygen atoms in total. The maximum atomic E-state index is 13.7. The SMILES string of the molecule is Cc1ccc(NC(=O)c2cc(-c3ccccc3)on2)c(F)c1. The Labute approximate surface area is 126 Å².